The lowest BCUT2D eigenvalue weighted by Crippen LogP contribution is -2.15. The lowest BCUT2D eigenvalue weighted by Gasteiger charge is -2.16. The molecule has 0 spiro atoms. The number of sulfone groups is 1. The van der Waals surface area contributed by atoms with Crippen LogP contribution in [0.2, 0.25) is 0 Å². The average Bonchev–Trinajstić information content (AvgIpc) is 2.95. The zero-order valence-electron chi connectivity index (χ0n) is 22.6. The van der Waals surface area contributed by atoms with Crippen LogP contribution in [-0.4, -0.2) is 50.5 Å². The molecule has 0 aliphatic heterocycles. The number of pyridine rings is 1. The standard InChI is InChI=1S/C25H28N6O8S3/c1-4-6-11-27-24-19(15-26)16(3)22(25(29-24)28-12-13-41(33,34)5-2)30-31-23-18-10-8-7-9-17(18)20(40-39-38-32)14-21(23)42(35,36)37/h5,7-10,14,32H,2,4,6,11-13H2,1,3H3,(H2,27,28,29)(H,35,36,37)/b31-30+. The Kier molecular flexibility index (Phi) is 11.4. The second kappa shape index (κ2) is 14.5. The summed E-state index contributed by atoms with van der Waals surface area (Å²) in [6, 6.07) is 9.59. The Morgan fingerprint density at radius 2 is 1.79 bits per heavy atom. The Balaban J connectivity index is 2.23. The minimum Gasteiger partial charge on any atom is -0.369 e. The van der Waals surface area contributed by atoms with Crippen molar-refractivity contribution in [2.75, 3.05) is 29.5 Å². The predicted octanol–water partition coefficient (Wildman–Crippen LogP) is 5.69. The van der Waals surface area contributed by atoms with E-state index in [1.54, 1.807) is 25.1 Å². The first-order valence-corrected chi connectivity index (χ1v) is 16.2. The fourth-order valence-electron chi connectivity index (χ4n) is 3.81. The number of azo groups is 1. The van der Waals surface area contributed by atoms with Crippen LogP contribution in [-0.2, 0) is 29.3 Å². The van der Waals surface area contributed by atoms with Crippen LogP contribution in [0.1, 0.15) is 30.9 Å². The van der Waals surface area contributed by atoms with Gasteiger partial charge in [-0.1, -0.05) is 49.2 Å². The van der Waals surface area contributed by atoms with Crippen molar-refractivity contribution >= 4 is 65.8 Å². The second-order valence-corrected chi connectivity index (χ2v) is 12.9. The molecule has 2 aromatic carbocycles. The lowest BCUT2D eigenvalue weighted by molar-refractivity contribution is -0.432. The van der Waals surface area contributed by atoms with Crippen LogP contribution in [0, 0.1) is 18.3 Å². The van der Waals surface area contributed by atoms with E-state index in [2.05, 4.69) is 47.9 Å². The zero-order chi connectivity index (χ0) is 30.9. The van der Waals surface area contributed by atoms with Gasteiger partial charge in [-0.2, -0.15) is 13.7 Å². The van der Waals surface area contributed by atoms with Crippen LogP contribution < -0.4 is 10.6 Å². The molecule has 42 heavy (non-hydrogen) atoms. The van der Waals surface area contributed by atoms with Crippen LogP contribution in [0.4, 0.5) is 23.0 Å². The SMILES string of the molecule is C=CS(=O)(=O)CCNc1nc(NCCCC)c(C#N)c(C)c1/N=N/c1c(S(=O)(=O)O)cc(SOOO)c2ccccc12. The molecule has 224 valence electrons. The molecule has 3 rings (SSSR count). The number of unbranched alkanes of at least 4 members (excludes halogenated alkanes) is 1. The number of anilines is 2. The molecule has 0 bridgehead atoms. The van der Waals surface area contributed by atoms with Gasteiger partial charge in [0.25, 0.3) is 10.1 Å². The van der Waals surface area contributed by atoms with Gasteiger partial charge in [-0.25, -0.2) is 18.7 Å². The zero-order valence-corrected chi connectivity index (χ0v) is 25.0. The summed E-state index contributed by atoms with van der Waals surface area (Å²) in [4.78, 5) is 4.02. The van der Waals surface area contributed by atoms with Crippen molar-refractivity contribution < 1.29 is 36.0 Å². The number of hydrogen-bond acceptors (Lipinski definition) is 14. The number of fused-ring (bicyclic) bond motifs is 1. The molecule has 0 unspecified atom stereocenters. The molecule has 1 heterocycles. The number of benzene rings is 2. The monoisotopic (exact) mass is 636 g/mol. The maximum absolute atomic E-state index is 12.4. The normalized spacial score (nSPS) is 12.0. The smallest absolute Gasteiger partial charge is 0.296 e. The third-order valence-electron chi connectivity index (χ3n) is 5.91. The van der Waals surface area contributed by atoms with Crippen LogP contribution in [0.5, 0.6) is 0 Å². The third kappa shape index (κ3) is 8.01. The maximum Gasteiger partial charge on any atom is 0.296 e. The van der Waals surface area contributed by atoms with E-state index in [0.29, 0.717) is 29.5 Å². The van der Waals surface area contributed by atoms with E-state index >= 15 is 0 Å². The molecular formula is C25H28N6O8S3. The molecule has 0 radical (unpaired) electrons. The van der Waals surface area contributed by atoms with Gasteiger partial charge in [0.05, 0.1) is 23.4 Å². The fraction of sp³-hybridized carbons (Fsp3) is 0.280. The minimum absolute atomic E-state index is 0.0458. The van der Waals surface area contributed by atoms with E-state index < -0.39 is 24.9 Å². The van der Waals surface area contributed by atoms with Gasteiger partial charge in [-0.3, -0.25) is 4.55 Å². The largest absolute Gasteiger partial charge is 0.369 e. The number of nitrogens with zero attached hydrogens (tertiary/aromatic N) is 4. The predicted molar refractivity (Wildman–Crippen MR) is 158 cm³/mol. The van der Waals surface area contributed by atoms with E-state index in [4.69, 9.17) is 5.26 Å². The van der Waals surface area contributed by atoms with Crippen molar-refractivity contribution in [2.24, 2.45) is 10.2 Å². The summed E-state index contributed by atoms with van der Waals surface area (Å²) in [6.07, 6.45) is 1.70. The molecule has 0 atom stereocenters. The van der Waals surface area contributed by atoms with Crippen molar-refractivity contribution in [1.82, 2.24) is 4.98 Å². The van der Waals surface area contributed by atoms with Gasteiger partial charge < -0.3 is 10.6 Å². The Morgan fingerprint density at radius 1 is 1.12 bits per heavy atom. The molecule has 4 N–H and O–H groups in total. The highest BCUT2D eigenvalue weighted by Gasteiger charge is 2.23. The van der Waals surface area contributed by atoms with Crippen LogP contribution >= 0.6 is 12.0 Å². The summed E-state index contributed by atoms with van der Waals surface area (Å²) in [6.45, 7) is 7.35. The minimum atomic E-state index is -4.86. The van der Waals surface area contributed by atoms with Crippen molar-refractivity contribution in [3.63, 3.8) is 0 Å². The van der Waals surface area contributed by atoms with Crippen LogP contribution in [0.25, 0.3) is 10.8 Å². The first kappa shape index (κ1) is 32.9. The van der Waals surface area contributed by atoms with Gasteiger partial charge >= 0.3 is 0 Å². The van der Waals surface area contributed by atoms with E-state index in [-0.39, 0.29) is 51.2 Å². The Labute approximate surface area is 247 Å². The summed E-state index contributed by atoms with van der Waals surface area (Å²) in [5.74, 6) is 0.0443. The molecular weight excluding hydrogens is 609 g/mol. The van der Waals surface area contributed by atoms with Crippen molar-refractivity contribution in [1.29, 1.82) is 5.26 Å². The number of nitriles is 1. The second-order valence-electron chi connectivity index (χ2n) is 8.68. The topological polar surface area (TPSA) is 213 Å². The number of nitrogens with one attached hydrogen (secondary N) is 2. The molecule has 17 heteroatoms. The summed E-state index contributed by atoms with van der Waals surface area (Å²) >= 11 is 0.496. The Hall–Kier alpha value is -3.63. The highest BCUT2D eigenvalue weighted by molar-refractivity contribution is 7.95. The highest BCUT2D eigenvalue weighted by Crippen LogP contribution is 2.42. The average molecular weight is 637 g/mol. The summed E-state index contributed by atoms with van der Waals surface area (Å²) in [7, 11) is -8.40. The van der Waals surface area contributed by atoms with Crippen molar-refractivity contribution in [3.8, 4) is 6.07 Å². The van der Waals surface area contributed by atoms with Gasteiger partial charge in [0.1, 0.15) is 28.2 Å². The Morgan fingerprint density at radius 3 is 2.40 bits per heavy atom. The molecule has 0 saturated heterocycles. The van der Waals surface area contributed by atoms with E-state index in [9.17, 15) is 26.7 Å². The van der Waals surface area contributed by atoms with Gasteiger partial charge in [-0.15, -0.1) is 14.6 Å². The molecule has 0 aliphatic rings. The maximum atomic E-state index is 12.4. The quantitative estimate of drug-likeness (QED) is 0.0395. The van der Waals surface area contributed by atoms with Gasteiger partial charge in [0.2, 0.25) is 0 Å². The van der Waals surface area contributed by atoms with Crippen LogP contribution in [0.3, 0.4) is 0 Å². The molecule has 0 amide bonds. The van der Waals surface area contributed by atoms with Gasteiger partial charge in [0.15, 0.2) is 15.7 Å². The summed E-state index contributed by atoms with van der Waals surface area (Å²) < 4.78 is 63.2. The molecule has 14 nitrogen and oxygen atoms in total. The molecule has 1 aromatic heterocycles. The molecule has 0 fully saturated rings. The summed E-state index contributed by atoms with van der Waals surface area (Å²) in [5.41, 5.74) is 0.315. The van der Waals surface area contributed by atoms with Crippen molar-refractivity contribution in [2.45, 2.75) is 36.5 Å². The third-order valence-corrected chi connectivity index (χ3v) is 8.70. The van der Waals surface area contributed by atoms with Gasteiger partial charge in [-0.05, 0) is 24.8 Å². The van der Waals surface area contributed by atoms with Gasteiger partial charge in [0, 0.05) is 34.3 Å². The fourth-order valence-corrected chi connectivity index (χ4v) is 5.63. The number of hydrogen-bond donors (Lipinski definition) is 4. The Bertz CT molecular complexity index is 1760. The molecule has 3 aromatic rings. The first-order valence-electron chi connectivity index (χ1n) is 12.3. The molecule has 0 aliphatic carbocycles. The number of rotatable bonds is 15. The first-order chi connectivity index (χ1) is 20.0. The van der Waals surface area contributed by atoms with E-state index in [1.165, 1.54) is 6.07 Å². The van der Waals surface area contributed by atoms with Crippen LogP contribution in [0.15, 0.2) is 62.3 Å². The lowest BCUT2D eigenvalue weighted by atomic mass is 10.1. The molecule has 0 saturated carbocycles. The summed E-state index contributed by atoms with van der Waals surface area (Å²) in [5, 5.41) is 38.0. The number of aromatic nitrogens is 1. The van der Waals surface area contributed by atoms with Crippen molar-refractivity contribution in [3.05, 3.63) is 53.4 Å². The highest BCUT2D eigenvalue weighted by atomic mass is 32.2. The van der Waals surface area contributed by atoms with E-state index in [0.717, 1.165) is 24.3 Å². The van der Waals surface area contributed by atoms with E-state index in [1.807, 2.05) is 6.92 Å².